The van der Waals surface area contributed by atoms with Crippen LogP contribution in [0.3, 0.4) is 0 Å². The van der Waals surface area contributed by atoms with Crippen molar-refractivity contribution < 1.29 is 14.3 Å². The van der Waals surface area contributed by atoms with Crippen LogP contribution in [0.15, 0.2) is 78.9 Å². The molecule has 5 rings (SSSR count). The maximum atomic E-state index is 13.2. The first-order chi connectivity index (χ1) is 17.5. The van der Waals surface area contributed by atoms with Crippen molar-refractivity contribution in [1.29, 1.82) is 0 Å². The van der Waals surface area contributed by atoms with Crippen LogP contribution in [-0.4, -0.2) is 25.1 Å². The molecular weight excluding hydrogens is 494 g/mol. The first-order valence-corrected chi connectivity index (χ1v) is 12.2. The third-order valence-electron chi connectivity index (χ3n) is 5.77. The van der Waals surface area contributed by atoms with E-state index < -0.39 is 0 Å². The summed E-state index contributed by atoms with van der Waals surface area (Å²) in [5, 5.41) is 4.15. The quantitative estimate of drug-likeness (QED) is 0.251. The number of pyridine rings is 1. The van der Waals surface area contributed by atoms with E-state index in [-0.39, 0.29) is 5.91 Å². The molecule has 180 valence electrons. The number of hydrogen-bond acceptors (Lipinski definition) is 6. The molecule has 1 amide bonds. The maximum absolute atomic E-state index is 13.2. The summed E-state index contributed by atoms with van der Waals surface area (Å²) in [6.07, 6.45) is 0. The summed E-state index contributed by atoms with van der Waals surface area (Å²) in [5.41, 5.74) is 11.1. The van der Waals surface area contributed by atoms with Crippen LogP contribution >= 0.6 is 22.9 Å². The Morgan fingerprint density at radius 2 is 1.56 bits per heavy atom. The Hall–Kier alpha value is -4.07. The lowest BCUT2D eigenvalue weighted by atomic mass is 9.99. The Morgan fingerprint density at radius 1 is 0.917 bits per heavy atom. The Kier molecular flexibility index (Phi) is 6.50. The van der Waals surface area contributed by atoms with Gasteiger partial charge in [0.15, 0.2) is 0 Å². The van der Waals surface area contributed by atoms with Gasteiger partial charge in [0.05, 0.1) is 25.6 Å². The normalized spacial score (nSPS) is 10.9. The van der Waals surface area contributed by atoms with E-state index in [2.05, 4.69) is 5.32 Å². The summed E-state index contributed by atoms with van der Waals surface area (Å²) in [6.45, 7) is 0. The van der Waals surface area contributed by atoms with E-state index in [0.29, 0.717) is 26.1 Å². The third-order valence-corrected chi connectivity index (χ3v) is 7.11. The number of nitrogen functional groups attached to an aromatic ring is 1. The molecule has 3 aromatic carbocycles. The smallest absolute Gasteiger partial charge is 0.267 e. The number of anilines is 2. The van der Waals surface area contributed by atoms with Crippen LogP contribution in [0.2, 0.25) is 5.02 Å². The van der Waals surface area contributed by atoms with Crippen molar-refractivity contribution in [2.75, 3.05) is 25.3 Å². The van der Waals surface area contributed by atoms with Gasteiger partial charge in [-0.05, 0) is 71.8 Å². The monoisotopic (exact) mass is 515 g/mol. The van der Waals surface area contributed by atoms with Gasteiger partial charge in [0.1, 0.15) is 21.2 Å². The highest BCUT2D eigenvalue weighted by molar-refractivity contribution is 7.21. The molecule has 0 saturated heterocycles. The highest BCUT2D eigenvalue weighted by atomic mass is 35.5. The summed E-state index contributed by atoms with van der Waals surface area (Å²) < 4.78 is 10.6. The summed E-state index contributed by atoms with van der Waals surface area (Å²) in [7, 11) is 3.26. The second-order valence-electron chi connectivity index (χ2n) is 8.00. The number of benzene rings is 3. The average molecular weight is 516 g/mol. The molecule has 2 aromatic heterocycles. The summed E-state index contributed by atoms with van der Waals surface area (Å²) in [4.78, 5) is 19.1. The highest BCUT2D eigenvalue weighted by Gasteiger charge is 2.22. The molecule has 5 aromatic rings. The number of thiophene rings is 1. The molecule has 6 nitrogen and oxygen atoms in total. The first-order valence-electron chi connectivity index (χ1n) is 11.1. The number of hydrogen-bond donors (Lipinski definition) is 2. The van der Waals surface area contributed by atoms with Crippen molar-refractivity contribution in [3.8, 4) is 33.9 Å². The second-order valence-corrected chi connectivity index (χ2v) is 9.44. The largest absolute Gasteiger partial charge is 0.497 e. The number of amides is 1. The zero-order valence-electron chi connectivity index (χ0n) is 19.5. The van der Waals surface area contributed by atoms with Crippen molar-refractivity contribution in [2.24, 2.45) is 0 Å². The lowest BCUT2D eigenvalue weighted by Crippen LogP contribution is -2.11. The van der Waals surface area contributed by atoms with Crippen molar-refractivity contribution in [3.63, 3.8) is 0 Å². The van der Waals surface area contributed by atoms with Crippen molar-refractivity contribution in [2.45, 2.75) is 0 Å². The molecule has 0 fully saturated rings. The number of nitrogens with zero attached hydrogens (tertiary/aromatic N) is 1. The van der Waals surface area contributed by atoms with Gasteiger partial charge in [0.2, 0.25) is 0 Å². The van der Waals surface area contributed by atoms with Crippen LogP contribution in [0.4, 0.5) is 11.4 Å². The average Bonchev–Trinajstić information content (AvgIpc) is 3.24. The fourth-order valence-electron chi connectivity index (χ4n) is 3.95. The van der Waals surface area contributed by atoms with Crippen LogP contribution in [0.25, 0.3) is 32.6 Å². The Bertz CT molecular complexity index is 1560. The van der Waals surface area contributed by atoms with Crippen LogP contribution in [0, 0.1) is 0 Å². The number of methoxy groups -OCH3 is 2. The van der Waals surface area contributed by atoms with Crippen LogP contribution in [0.5, 0.6) is 11.5 Å². The number of carbonyl (C=O) groups excluding carboxylic acids is 1. The minimum absolute atomic E-state index is 0.315. The van der Waals surface area contributed by atoms with Crippen molar-refractivity contribution >= 4 is 50.4 Å². The number of rotatable bonds is 6. The van der Waals surface area contributed by atoms with Crippen molar-refractivity contribution in [3.05, 3.63) is 88.8 Å². The van der Waals surface area contributed by atoms with Gasteiger partial charge in [0.25, 0.3) is 5.91 Å². The molecule has 36 heavy (non-hydrogen) atoms. The topological polar surface area (TPSA) is 86.5 Å². The van der Waals surface area contributed by atoms with Gasteiger partial charge in [-0.3, -0.25) is 4.79 Å². The van der Waals surface area contributed by atoms with E-state index in [1.54, 1.807) is 38.5 Å². The van der Waals surface area contributed by atoms with E-state index in [4.69, 9.17) is 31.8 Å². The molecule has 0 bridgehead atoms. The molecule has 0 spiro atoms. The summed E-state index contributed by atoms with van der Waals surface area (Å²) in [5.74, 6) is 1.19. The van der Waals surface area contributed by atoms with E-state index in [9.17, 15) is 4.79 Å². The number of halogens is 1. The van der Waals surface area contributed by atoms with Gasteiger partial charge < -0.3 is 20.5 Å². The third kappa shape index (κ3) is 4.58. The van der Waals surface area contributed by atoms with Crippen LogP contribution < -0.4 is 20.5 Å². The molecular formula is C28H22ClN3O3S. The molecule has 0 aliphatic heterocycles. The van der Waals surface area contributed by atoms with Crippen molar-refractivity contribution in [1.82, 2.24) is 4.98 Å². The molecule has 0 unspecified atom stereocenters. The molecule has 0 saturated carbocycles. The first kappa shape index (κ1) is 23.7. The van der Waals surface area contributed by atoms with E-state index in [0.717, 1.165) is 39.3 Å². The molecule has 0 aliphatic carbocycles. The van der Waals surface area contributed by atoms with Gasteiger partial charge >= 0.3 is 0 Å². The standard InChI is InChI=1S/C28H22ClN3O3S/c1-34-20-10-6-16(7-11-20)22-15-23(17-8-12-21(35-2)13-9-17)32-28-24(22)25(30)26(36-28)27(33)31-19-5-3-4-18(29)14-19/h3-15H,30H2,1-2H3,(H,31,33). The minimum Gasteiger partial charge on any atom is -0.497 e. The summed E-state index contributed by atoms with van der Waals surface area (Å²) in [6, 6.07) is 24.4. The second kappa shape index (κ2) is 9.89. The number of carbonyl (C=O) groups is 1. The van der Waals surface area contributed by atoms with Gasteiger partial charge in [-0.1, -0.05) is 29.8 Å². The van der Waals surface area contributed by atoms with Crippen LogP contribution in [-0.2, 0) is 0 Å². The number of ether oxygens (including phenoxy) is 2. The Morgan fingerprint density at radius 3 is 2.17 bits per heavy atom. The van der Waals surface area contributed by atoms with Gasteiger partial charge in [-0.15, -0.1) is 11.3 Å². The van der Waals surface area contributed by atoms with E-state index >= 15 is 0 Å². The maximum Gasteiger partial charge on any atom is 0.267 e. The highest BCUT2D eigenvalue weighted by Crippen LogP contribution is 2.42. The van der Waals surface area contributed by atoms with E-state index in [1.165, 1.54) is 11.3 Å². The van der Waals surface area contributed by atoms with Gasteiger partial charge in [0, 0.05) is 21.7 Å². The van der Waals surface area contributed by atoms with E-state index in [1.807, 2.05) is 54.6 Å². The predicted molar refractivity (Wildman–Crippen MR) is 147 cm³/mol. The Balaban J connectivity index is 1.65. The Labute approximate surface area is 217 Å². The SMILES string of the molecule is COc1ccc(-c2cc(-c3ccc(OC)cc3)c3c(N)c(C(=O)Nc4cccc(Cl)c4)sc3n2)cc1. The molecule has 8 heteroatoms. The zero-order chi connectivity index (χ0) is 25.2. The van der Waals surface area contributed by atoms with Gasteiger partial charge in [-0.2, -0.15) is 0 Å². The number of nitrogens with two attached hydrogens (primary N) is 1. The number of nitrogens with one attached hydrogen (secondary N) is 1. The molecule has 0 aliphatic rings. The predicted octanol–water partition coefficient (Wildman–Crippen LogP) is 7.14. The lowest BCUT2D eigenvalue weighted by Gasteiger charge is -2.10. The summed E-state index contributed by atoms with van der Waals surface area (Å²) >= 11 is 7.33. The fraction of sp³-hybridized carbons (Fsp3) is 0.0714. The number of fused-ring (bicyclic) bond motifs is 1. The fourth-order valence-corrected chi connectivity index (χ4v) is 5.16. The van der Waals surface area contributed by atoms with Crippen LogP contribution in [0.1, 0.15) is 9.67 Å². The molecule has 2 heterocycles. The lowest BCUT2D eigenvalue weighted by molar-refractivity contribution is 0.103. The minimum atomic E-state index is -0.315. The molecule has 0 radical (unpaired) electrons. The molecule has 3 N–H and O–H groups in total. The number of aromatic nitrogens is 1. The van der Waals surface area contributed by atoms with Gasteiger partial charge in [-0.25, -0.2) is 4.98 Å². The zero-order valence-corrected chi connectivity index (χ0v) is 21.1. The molecule has 0 atom stereocenters.